The molecule has 0 aromatic rings. The van der Waals surface area contributed by atoms with Crippen LogP contribution in [0.5, 0.6) is 0 Å². The van der Waals surface area contributed by atoms with Gasteiger partial charge in [0.2, 0.25) is 0 Å². The minimum absolute atomic E-state index is 0. The molecule has 0 aliphatic heterocycles. The number of rotatable bonds is 0. The molecule has 0 spiro atoms. The molecule has 0 aliphatic rings. The maximum absolute atomic E-state index is 8.59. The van der Waals surface area contributed by atoms with Crippen LogP contribution in [0.4, 0.5) is 0 Å². The van der Waals surface area contributed by atoms with E-state index in [2.05, 4.69) is 0 Å². The van der Waals surface area contributed by atoms with Crippen molar-refractivity contribution in [2.75, 3.05) is 0 Å². The van der Waals surface area contributed by atoms with Crippen molar-refractivity contribution in [3.05, 3.63) is 0 Å². The van der Waals surface area contributed by atoms with Crippen molar-refractivity contribution < 1.29 is 126 Å². The van der Waals surface area contributed by atoms with Crippen molar-refractivity contribution >= 4 is 0 Å². The molecule has 0 rings (SSSR count). The van der Waals surface area contributed by atoms with Gasteiger partial charge in [0.15, 0.2) is 0 Å². The third-order valence-corrected chi connectivity index (χ3v) is 0. The van der Waals surface area contributed by atoms with E-state index in [4.69, 9.17) is 47.8 Å². The molecule has 0 saturated heterocycles. The molecule has 0 bridgehead atoms. The van der Waals surface area contributed by atoms with Gasteiger partial charge in [-0.2, -0.15) is 0 Å². The monoisotopic (exact) mass is 505 g/mol. The van der Waals surface area contributed by atoms with Gasteiger partial charge in [0.1, 0.15) is 0 Å². The van der Waals surface area contributed by atoms with Crippen molar-refractivity contribution in [2.24, 2.45) is 0 Å². The molecule has 0 fully saturated rings. The number of hydrogen-bond acceptors (Lipinski definition) is 12. The molecule has 1 radical (unpaired) electrons. The molecule has 0 saturated carbocycles. The second-order valence-electron chi connectivity index (χ2n) is 1.22. The first-order valence-electron chi connectivity index (χ1n) is 2.00. The molecule has 12 nitrogen and oxygen atoms in total. The normalized spacial score (nSPS) is 10.2. The Bertz CT molecular complexity index is 343. The molecule has 17 heteroatoms. The first kappa shape index (κ1) is 31.0. The molecule has 0 aromatic carbocycles. The third-order valence-electron chi connectivity index (χ3n) is 0. The molecule has 0 amide bonds. The van der Waals surface area contributed by atoms with E-state index in [0.29, 0.717) is 0 Å². The molecule has 0 unspecified atom stereocenters. The summed E-state index contributed by atoms with van der Waals surface area (Å²) in [6.45, 7) is 0. The van der Waals surface area contributed by atoms with Crippen LogP contribution in [-0.4, -0.2) is 0 Å². The SMILES string of the molecule is [Co+2].[Mo+4].[O]=[Cr](=[O])([O-])[O-].[O]=[Cr](=[O])([O-])[O-].[O]=[Cr](=[O])([O-])[O-]. The fourth-order valence-electron chi connectivity index (χ4n) is 0. The molecule has 0 aliphatic carbocycles. The van der Waals surface area contributed by atoms with E-state index in [9.17, 15) is 0 Å². The van der Waals surface area contributed by atoms with Crippen molar-refractivity contribution in [1.29, 1.82) is 0 Å². The Kier molecular flexibility index (Phi) is 22.6. The quantitative estimate of drug-likeness (QED) is 0.280. The maximum atomic E-state index is 8.59. The summed E-state index contributed by atoms with van der Waals surface area (Å²) in [5, 5.41) is 0. The summed E-state index contributed by atoms with van der Waals surface area (Å²) in [4.78, 5) is 0. The first-order valence-corrected chi connectivity index (χ1v) is 8.25. The summed E-state index contributed by atoms with van der Waals surface area (Å²) < 4.78 is 103. The van der Waals surface area contributed by atoms with Crippen molar-refractivity contribution in [3.63, 3.8) is 0 Å². The van der Waals surface area contributed by atoms with E-state index in [-0.39, 0.29) is 37.8 Å². The van der Waals surface area contributed by atoms with E-state index in [1.54, 1.807) is 0 Å². The Morgan fingerprint density at radius 1 is 0.471 bits per heavy atom. The van der Waals surface area contributed by atoms with Crippen LogP contribution in [-0.2, 0) is 102 Å². The van der Waals surface area contributed by atoms with Crippen molar-refractivity contribution in [2.45, 2.75) is 0 Å². The molecule has 105 valence electrons. The fourth-order valence-corrected chi connectivity index (χ4v) is 0. The van der Waals surface area contributed by atoms with Crippen molar-refractivity contribution in [3.8, 4) is 0 Å². The standard InChI is InChI=1S/Co.3Cr.Mo.12O/q+2;;;;+4;;;;;;;6*-1. The first-order chi connectivity index (χ1) is 6.00. The second-order valence-corrected chi connectivity index (χ2v) is 5.05. The predicted molar refractivity (Wildman–Crippen MR) is 4.12 cm³/mol. The second kappa shape index (κ2) is 12.4. The predicted octanol–water partition coefficient (Wildman–Crippen LogP) is -7.86. The molecular weight excluding hydrogens is 503 g/mol. The van der Waals surface area contributed by atoms with E-state index in [1.165, 1.54) is 0 Å². The molecule has 0 aromatic heterocycles. The number of hydrogen-bond donors (Lipinski definition) is 0. The van der Waals surface area contributed by atoms with Crippen LogP contribution in [0.1, 0.15) is 0 Å². The Morgan fingerprint density at radius 2 is 0.471 bits per heavy atom. The summed E-state index contributed by atoms with van der Waals surface area (Å²) in [5.74, 6) is 0. The zero-order valence-electron chi connectivity index (χ0n) is 6.87. The van der Waals surface area contributed by atoms with Gasteiger partial charge in [-0.25, -0.2) is 0 Å². The van der Waals surface area contributed by atoms with E-state index in [1.807, 2.05) is 0 Å². The fraction of sp³-hybridized carbons (Fsp3) is 0. The van der Waals surface area contributed by atoms with Crippen LogP contribution < -0.4 is 24.9 Å². The molecule has 0 atom stereocenters. The van der Waals surface area contributed by atoms with Crippen LogP contribution in [0.3, 0.4) is 0 Å². The van der Waals surface area contributed by atoms with Gasteiger partial charge in [0.25, 0.3) is 0 Å². The summed E-state index contributed by atoms with van der Waals surface area (Å²) in [6.07, 6.45) is 0. The van der Waals surface area contributed by atoms with Crippen molar-refractivity contribution in [1.82, 2.24) is 0 Å². The minimum atomic E-state index is -5.75. The topological polar surface area (TPSA) is 241 Å². The average Bonchev–Trinajstić information content (AvgIpc) is 1.41. The van der Waals surface area contributed by atoms with Gasteiger partial charge in [0.05, 0.1) is 0 Å². The van der Waals surface area contributed by atoms with Crippen LogP contribution in [0.25, 0.3) is 0 Å². The summed E-state index contributed by atoms with van der Waals surface area (Å²) >= 11 is -17.2. The van der Waals surface area contributed by atoms with E-state index >= 15 is 0 Å². The van der Waals surface area contributed by atoms with Gasteiger partial charge in [0, 0.05) is 0 Å². The zero-order valence-corrected chi connectivity index (χ0v) is 13.7. The summed E-state index contributed by atoms with van der Waals surface area (Å²) in [5.41, 5.74) is 0. The van der Waals surface area contributed by atoms with E-state index < -0.39 is 40.8 Å². The van der Waals surface area contributed by atoms with Crippen LogP contribution in [0.15, 0.2) is 0 Å². The van der Waals surface area contributed by atoms with Gasteiger partial charge >= 0.3 is 126 Å². The molecule has 0 N–H and O–H groups in total. The summed E-state index contributed by atoms with van der Waals surface area (Å²) in [7, 11) is 0. The van der Waals surface area contributed by atoms with Gasteiger partial charge < -0.3 is 0 Å². The van der Waals surface area contributed by atoms with Gasteiger partial charge in [-0.15, -0.1) is 0 Å². The average molecular weight is 503 g/mol. The van der Waals surface area contributed by atoms with E-state index in [0.717, 1.165) is 0 Å². The Balaban J connectivity index is -0.0000000400. The van der Waals surface area contributed by atoms with Gasteiger partial charge in [-0.1, -0.05) is 0 Å². The Labute approximate surface area is 125 Å². The molecule has 17 heavy (non-hydrogen) atoms. The Morgan fingerprint density at radius 3 is 0.471 bits per heavy atom. The zero-order chi connectivity index (χ0) is 13.5. The summed E-state index contributed by atoms with van der Waals surface area (Å²) in [6, 6.07) is 0. The Hall–Kier alpha value is 1.35. The molecular formula is CoCr3MoO12. The molecule has 0 heterocycles. The van der Waals surface area contributed by atoms with Crippen LogP contribution >= 0.6 is 0 Å². The van der Waals surface area contributed by atoms with Gasteiger partial charge in [-0.3, -0.25) is 0 Å². The van der Waals surface area contributed by atoms with Crippen LogP contribution in [0.2, 0.25) is 0 Å². The third kappa shape index (κ3) is 2240. The van der Waals surface area contributed by atoms with Gasteiger partial charge in [-0.05, 0) is 0 Å². The van der Waals surface area contributed by atoms with Crippen LogP contribution in [0, 0.1) is 0 Å².